The molecule has 0 aromatic heterocycles. The average Bonchev–Trinajstić information content (AvgIpc) is 2.05. The maximum atomic E-state index is 8.51. The maximum absolute atomic E-state index is 8.51. The minimum Gasteiger partial charge on any atom is -0.395 e. The van der Waals surface area contributed by atoms with E-state index in [0.717, 1.165) is 13.0 Å². The van der Waals surface area contributed by atoms with Gasteiger partial charge in [0.15, 0.2) is 0 Å². The second-order valence-corrected chi connectivity index (χ2v) is 2.91. The number of nitrogens with one attached hydrogen (secondary N) is 1. The molecule has 2 N–H and O–H groups in total. The first-order valence-corrected chi connectivity index (χ1v) is 4.05. The molecule has 0 spiro atoms. The second-order valence-electron chi connectivity index (χ2n) is 2.91. The minimum absolute atomic E-state index is 0.0881. The fourth-order valence-electron chi connectivity index (χ4n) is 0.773. The maximum Gasteiger partial charge on any atom is 0.0771 e. The summed E-state index contributed by atoms with van der Waals surface area (Å²) in [5, 5.41) is 11.6. The van der Waals surface area contributed by atoms with Crippen LogP contribution in [-0.4, -0.2) is 37.5 Å². The Morgan fingerprint density at radius 3 is 2.55 bits per heavy atom. The Bertz CT molecular complexity index is 92.1. The molecule has 1 atom stereocenters. The Labute approximate surface area is 68.8 Å². The Morgan fingerprint density at radius 1 is 1.55 bits per heavy atom. The molecule has 0 saturated heterocycles. The number of hydrogen-bond donors (Lipinski definition) is 2. The Balaban J connectivity index is 3.51. The monoisotopic (exact) mass is 161 g/mol. The average molecular weight is 161 g/mol. The highest BCUT2D eigenvalue weighted by Crippen LogP contribution is 2.11. The van der Waals surface area contributed by atoms with Gasteiger partial charge in [0.2, 0.25) is 0 Å². The summed E-state index contributed by atoms with van der Waals surface area (Å²) in [7, 11) is 1.71. The van der Waals surface area contributed by atoms with Gasteiger partial charge in [-0.3, -0.25) is 0 Å². The van der Waals surface area contributed by atoms with Gasteiger partial charge in [0.05, 0.1) is 12.2 Å². The summed E-state index contributed by atoms with van der Waals surface area (Å²) in [4.78, 5) is 0. The lowest BCUT2D eigenvalue weighted by molar-refractivity contribution is 0.00324. The van der Waals surface area contributed by atoms with Crippen LogP contribution in [-0.2, 0) is 4.74 Å². The van der Waals surface area contributed by atoms with Gasteiger partial charge in [-0.2, -0.15) is 0 Å². The number of rotatable bonds is 6. The van der Waals surface area contributed by atoms with Crippen molar-refractivity contribution in [3.05, 3.63) is 0 Å². The van der Waals surface area contributed by atoms with Crippen molar-refractivity contribution in [3.8, 4) is 0 Å². The van der Waals surface area contributed by atoms with Crippen LogP contribution in [0.4, 0.5) is 0 Å². The first-order chi connectivity index (χ1) is 5.18. The van der Waals surface area contributed by atoms with E-state index in [0.29, 0.717) is 6.54 Å². The molecule has 0 aliphatic rings. The number of aliphatic hydroxyl groups is 1. The summed E-state index contributed by atoms with van der Waals surface area (Å²) >= 11 is 0. The lowest BCUT2D eigenvalue weighted by Crippen LogP contribution is -2.39. The molecule has 0 rings (SSSR count). The van der Waals surface area contributed by atoms with Crippen molar-refractivity contribution in [1.29, 1.82) is 0 Å². The van der Waals surface area contributed by atoms with E-state index in [2.05, 4.69) is 19.2 Å². The molecule has 3 heteroatoms. The largest absolute Gasteiger partial charge is 0.395 e. The van der Waals surface area contributed by atoms with Crippen molar-refractivity contribution in [1.82, 2.24) is 5.32 Å². The molecule has 0 aliphatic carbocycles. The first kappa shape index (κ1) is 10.9. The highest BCUT2D eigenvalue weighted by Gasteiger charge is 2.19. The van der Waals surface area contributed by atoms with Crippen molar-refractivity contribution >= 4 is 0 Å². The molecular formula is C8H19NO2. The van der Waals surface area contributed by atoms with E-state index in [4.69, 9.17) is 9.84 Å². The molecule has 1 unspecified atom stereocenters. The number of hydrogen-bond acceptors (Lipinski definition) is 3. The third kappa shape index (κ3) is 4.35. The van der Waals surface area contributed by atoms with Gasteiger partial charge < -0.3 is 15.2 Å². The van der Waals surface area contributed by atoms with E-state index in [1.54, 1.807) is 7.11 Å². The zero-order chi connectivity index (χ0) is 8.74. The van der Waals surface area contributed by atoms with Gasteiger partial charge in [-0.1, -0.05) is 6.92 Å². The van der Waals surface area contributed by atoms with Crippen molar-refractivity contribution in [2.45, 2.75) is 25.9 Å². The van der Waals surface area contributed by atoms with Crippen LogP contribution in [0, 0.1) is 0 Å². The molecule has 0 bridgehead atoms. The second kappa shape index (κ2) is 5.52. The van der Waals surface area contributed by atoms with Crippen molar-refractivity contribution in [2.75, 3.05) is 26.8 Å². The molecule has 0 aromatic rings. The summed E-state index contributed by atoms with van der Waals surface area (Å²) in [6.07, 6.45) is 0.974. The van der Waals surface area contributed by atoms with E-state index in [-0.39, 0.29) is 12.2 Å². The van der Waals surface area contributed by atoms with E-state index < -0.39 is 0 Å². The molecule has 0 aliphatic heterocycles. The first-order valence-electron chi connectivity index (χ1n) is 4.05. The van der Waals surface area contributed by atoms with Crippen LogP contribution in [0.5, 0.6) is 0 Å². The number of aliphatic hydroxyl groups excluding tert-OH is 1. The standard InChI is InChI=1S/C8H19NO2/c1-4-8(2,11-3)7-9-5-6-10/h9-10H,4-7H2,1-3H3. The molecule has 11 heavy (non-hydrogen) atoms. The van der Waals surface area contributed by atoms with Gasteiger partial charge in [0.25, 0.3) is 0 Å². The summed E-state index contributed by atoms with van der Waals surface area (Å²) in [6, 6.07) is 0. The molecule has 0 aromatic carbocycles. The smallest absolute Gasteiger partial charge is 0.0771 e. The molecule has 68 valence electrons. The predicted molar refractivity (Wildman–Crippen MR) is 45.7 cm³/mol. The Morgan fingerprint density at radius 2 is 2.18 bits per heavy atom. The van der Waals surface area contributed by atoms with E-state index >= 15 is 0 Å². The summed E-state index contributed by atoms with van der Waals surface area (Å²) in [6.45, 7) is 5.75. The van der Waals surface area contributed by atoms with Gasteiger partial charge in [-0.05, 0) is 13.3 Å². The Hall–Kier alpha value is -0.120. The van der Waals surface area contributed by atoms with Crippen LogP contribution in [0.2, 0.25) is 0 Å². The molecule has 3 nitrogen and oxygen atoms in total. The van der Waals surface area contributed by atoms with E-state index in [1.807, 2.05) is 0 Å². The topological polar surface area (TPSA) is 41.5 Å². The van der Waals surface area contributed by atoms with Gasteiger partial charge in [-0.25, -0.2) is 0 Å². The van der Waals surface area contributed by atoms with Crippen molar-refractivity contribution in [3.63, 3.8) is 0 Å². The molecule has 0 radical (unpaired) electrons. The minimum atomic E-state index is -0.0881. The fraction of sp³-hybridized carbons (Fsp3) is 1.00. The van der Waals surface area contributed by atoms with Gasteiger partial charge in [0.1, 0.15) is 0 Å². The zero-order valence-electron chi connectivity index (χ0n) is 7.68. The third-order valence-electron chi connectivity index (χ3n) is 2.03. The van der Waals surface area contributed by atoms with Gasteiger partial charge in [-0.15, -0.1) is 0 Å². The van der Waals surface area contributed by atoms with Gasteiger partial charge in [0, 0.05) is 20.2 Å². The number of methoxy groups -OCH3 is 1. The fourth-order valence-corrected chi connectivity index (χ4v) is 0.773. The third-order valence-corrected chi connectivity index (χ3v) is 2.03. The molecular weight excluding hydrogens is 142 g/mol. The Kier molecular flexibility index (Phi) is 5.46. The molecule has 0 heterocycles. The normalized spacial score (nSPS) is 16.4. The van der Waals surface area contributed by atoms with Crippen LogP contribution in [0.3, 0.4) is 0 Å². The highest BCUT2D eigenvalue weighted by atomic mass is 16.5. The van der Waals surface area contributed by atoms with E-state index in [1.165, 1.54) is 0 Å². The summed E-state index contributed by atoms with van der Waals surface area (Å²) in [5.74, 6) is 0. The highest BCUT2D eigenvalue weighted by molar-refractivity contribution is 4.75. The van der Waals surface area contributed by atoms with Crippen LogP contribution in [0.15, 0.2) is 0 Å². The lowest BCUT2D eigenvalue weighted by Gasteiger charge is -2.26. The van der Waals surface area contributed by atoms with Crippen LogP contribution >= 0.6 is 0 Å². The number of ether oxygens (including phenoxy) is 1. The predicted octanol–water partition coefficient (Wildman–Crippen LogP) is 0.383. The van der Waals surface area contributed by atoms with Gasteiger partial charge >= 0.3 is 0 Å². The lowest BCUT2D eigenvalue weighted by atomic mass is 10.0. The molecule has 0 saturated carbocycles. The quantitative estimate of drug-likeness (QED) is 0.553. The van der Waals surface area contributed by atoms with Crippen molar-refractivity contribution < 1.29 is 9.84 Å². The SMILES string of the molecule is CCC(C)(CNCCO)OC. The zero-order valence-corrected chi connectivity index (χ0v) is 7.68. The van der Waals surface area contributed by atoms with E-state index in [9.17, 15) is 0 Å². The van der Waals surface area contributed by atoms with Crippen LogP contribution < -0.4 is 5.32 Å². The van der Waals surface area contributed by atoms with Crippen LogP contribution in [0.25, 0.3) is 0 Å². The molecule has 0 amide bonds. The van der Waals surface area contributed by atoms with Crippen LogP contribution in [0.1, 0.15) is 20.3 Å². The summed E-state index contributed by atoms with van der Waals surface area (Å²) < 4.78 is 5.29. The summed E-state index contributed by atoms with van der Waals surface area (Å²) in [5.41, 5.74) is -0.0881. The molecule has 0 fully saturated rings. The van der Waals surface area contributed by atoms with Crippen molar-refractivity contribution in [2.24, 2.45) is 0 Å².